The summed E-state index contributed by atoms with van der Waals surface area (Å²) in [5.74, 6) is -3.34. The van der Waals surface area contributed by atoms with E-state index in [1.165, 1.54) is 6.07 Å². The van der Waals surface area contributed by atoms with Gasteiger partial charge in [-0.05, 0) is 36.3 Å². The van der Waals surface area contributed by atoms with E-state index in [0.717, 1.165) is 11.1 Å². The van der Waals surface area contributed by atoms with E-state index in [4.69, 9.17) is 0 Å². The molecule has 2 aromatic carbocycles. The molecule has 0 radical (unpaired) electrons. The molecular formula is C30H36N4O7. The number of nitrogens with zero attached hydrogens (tertiary/aromatic N) is 1. The molecule has 3 rings (SSSR count). The highest BCUT2D eigenvalue weighted by atomic mass is 16.5. The van der Waals surface area contributed by atoms with E-state index < -0.39 is 47.8 Å². The maximum absolute atomic E-state index is 13.5. The van der Waals surface area contributed by atoms with Gasteiger partial charge in [0.25, 0.3) is 0 Å². The smallest absolute Gasteiger partial charge is 0.326 e. The van der Waals surface area contributed by atoms with Crippen molar-refractivity contribution in [1.29, 1.82) is 0 Å². The number of carbonyl (C=O) groups excluding carboxylic acids is 3. The number of hydrogen-bond acceptors (Lipinski definition) is 7. The van der Waals surface area contributed by atoms with E-state index >= 15 is 0 Å². The van der Waals surface area contributed by atoms with Crippen molar-refractivity contribution in [1.82, 2.24) is 21.1 Å². The zero-order chi connectivity index (χ0) is 29.8. The average molecular weight is 565 g/mol. The van der Waals surface area contributed by atoms with Gasteiger partial charge >= 0.3 is 11.9 Å². The van der Waals surface area contributed by atoms with Gasteiger partial charge < -0.3 is 30.7 Å². The minimum atomic E-state index is -1.19. The van der Waals surface area contributed by atoms with Crippen LogP contribution in [0.15, 0.2) is 71.3 Å². The third kappa shape index (κ3) is 10.4. The number of nitrogens with one attached hydrogen (secondary N) is 3. The standard InChI is InChI=1S/C30H36N4O7/c1-19(2)15-24(29(38)33-25(30(39)40)16-21-11-7-4-8-12-21)32-28(37)23(14-13-20-9-5-3-6-10-20)31-26(35)17-22-18-27(36)41-34-22/h3-12,18-19,23-25,36H,13-17H2,1-2H3,(H,31,35)(H,32,37)(H,33,38)(H,39,40)/t23-,24-,25-/m0/s1. The van der Waals surface area contributed by atoms with Crippen molar-refractivity contribution < 1.29 is 33.9 Å². The molecule has 3 amide bonds. The maximum atomic E-state index is 13.5. The molecule has 41 heavy (non-hydrogen) atoms. The van der Waals surface area contributed by atoms with Crippen LogP contribution >= 0.6 is 0 Å². The van der Waals surface area contributed by atoms with E-state index in [9.17, 15) is 29.4 Å². The number of aromatic nitrogens is 1. The van der Waals surface area contributed by atoms with E-state index in [2.05, 4.69) is 25.6 Å². The van der Waals surface area contributed by atoms with Crippen LogP contribution in [0, 0.1) is 5.92 Å². The summed E-state index contributed by atoms with van der Waals surface area (Å²) >= 11 is 0. The number of rotatable bonds is 15. The molecule has 0 fully saturated rings. The fourth-order valence-corrected chi connectivity index (χ4v) is 4.32. The first-order chi connectivity index (χ1) is 19.6. The van der Waals surface area contributed by atoms with Crippen molar-refractivity contribution in [3.63, 3.8) is 0 Å². The summed E-state index contributed by atoms with van der Waals surface area (Å²) in [7, 11) is 0. The molecule has 0 aliphatic heterocycles. The van der Waals surface area contributed by atoms with Crippen LogP contribution in [0.5, 0.6) is 5.95 Å². The quantitative estimate of drug-likeness (QED) is 0.187. The van der Waals surface area contributed by atoms with Gasteiger partial charge in [0.15, 0.2) is 0 Å². The van der Waals surface area contributed by atoms with Crippen LogP contribution in [0.25, 0.3) is 0 Å². The second kappa shape index (κ2) is 15.2. The molecule has 1 heterocycles. The molecule has 0 bridgehead atoms. The normalized spacial score (nSPS) is 13.1. The number of amides is 3. The SMILES string of the molecule is CC(C)C[C@H](NC(=O)[C@H](CCc1ccccc1)NC(=O)Cc1cc(O)on1)C(=O)N[C@@H](Cc1ccccc1)C(=O)O. The van der Waals surface area contributed by atoms with E-state index in [0.29, 0.717) is 6.42 Å². The molecule has 0 spiro atoms. The van der Waals surface area contributed by atoms with Crippen molar-refractivity contribution in [2.75, 3.05) is 0 Å². The van der Waals surface area contributed by atoms with Crippen LogP contribution in [0.3, 0.4) is 0 Å². The Bertz CT molecular complexity index is 1290. The van der Waals surface area contributed by atoms with Crippen molar-refractivity contribution in [3.05, 3.63) is 83.6 Å². The van der Waals surface area contributed by atoms with Crippen LogP contribution in [0.2, 0.25) is 0 Å². The molecule has 11 heteroatoms. The average Bonchev–Trinajstić information content (AvgIpc) is 3.34. The summed E-state index contributed by atoms with van der Waals surface area (Å²) in [5.41, 5.74) is 1.90. The molecule has 5 N–H and O–H groups in total. The lowest BCUT2D eigenvalue weighted by molar-refractivity contribution is -0.142. The fraction of sp³-hybridized carbons (Fsp3) is 0.367. The van der Waals surface area contributed by atoms with Gasteiger partial charge in [0.1, 0.15) is 18.1 Å². The number of carboxylic acids is 1. The lowest BCUT2D eigenvalue weighted by atomic mass is 10.00. The lowest BCUT2D eigenvalue weighted by Gasteiger charge is -2.25. The predicted molar refractivity (Wildman–Crippen MR) is 150 cm³/mol. The summed E-state index contributed by atoms with van der Waals surface area (Å²) in [5, 5.41) is 30.7. The number of aryl methyl sites for hydroxylation is 1. The first-order valence-corrected chi connectivity index (χ1v) is 13.5. The summed E-state index contributed by atoms with van der Waals surface area (Å²) in [6, 6.07) is 16.4. The number of aliphatic carboxylic acids is 1. The minimum absolute atomic E-state index is 0.000606. The van der Waals surface area contributed by atoms with Gasteiger partial charge in [0, 0.05) is 12.5 Å². The number of carbonyl (C=O) groups is 4. The van der Waals surface area contributed by atoms with Crippen molar-refractivity contribution in [3.8, 4) is 5.95 Å². The Morgan fingerprint density at radius 3 is 1.98 bits per heavy atom. The van der Waals surface area contributed by atoms with Crippen molar-refractivity contribution in [2.45, 2.75) is 64.1 Å². The van der Waals surface area contributed by atoms with Gasteiger partial charge in [0.2, 0.25) is 17.7 Å². The summed E-state index contributed by atoms with van der Waals surface area (Å²) in [6.07, 6.45) is 0.829. The third-order valence-corrected chi connectivity index (χ3v) is 6.34. The first kappa shape index (κ1) is 30.9. The lowest BCUT2D eigenvalue weighted by Crippen LogP contribution is -2.56. The molecule has 11 nitrogen and oxygen atoms in total. The topological polar surface area (TPSA) is 171 Å². The molecule has 0 unspecified atom stereocenters. The van der Waals surface area contributed by atoms with Crippen molar-refractivity contribution >= 4 is 23.7 Å². The highest BCUT2D eigenvalue weighted by molar-refractivity contribution is 5.93. The molecular weight excluding hydrogens is 528 g/mol. The molecule has 0 saturated carbocycles. The van der Waals surface area contributed by atoms with Crippen LogP contribution in [-0.2, 0) is 38.4 Å². The highest BCUT2D eigenvalue weighted by Crippen LogP contribution is 2.12. The monoisotopic (exact) mass is 564 g/mol. The molecule has 1 aromatic heterocycles. The Hall–Kier alpha value is -4.67. The second-order valence-electron chi connectivity index (χ2n) is 10.3. The van der Waals surface area contributed by atoms with Gasteiger partial charge in [-0.1, -0.05) is 79.7 Å². The first-order valence-electron chi connectivity index (χ1n) is 13.5. The number of benzene rings is 2. The van der Waals surface area contributed by atoms with Crippen LogP contribution in [-0.4, -0.2) is 57.2 Å². The van der Waals surface area contributed by atoms with Crippen LogP contribution < -0.4 is 16.0 Å². The van der Waals surface area contributed by atoms with Gasteiger partial charge in [-0.25, -0.2) is 4.79 Å². The van der Waals surface area contributed by atoms with E-state index in [-0.39, 0.29) is 37.3 Å². The molecule has 0 aliphatic rings. The summed E-state index contributed by atoms with van der Waals surface area (Å²) in [6.45, 7) is 3.76. The Morgan fingerprint density at radius 1 is 0.829 bits per heavy atom. The number of aromatic hydroxyl groups is 1. The van der Waals surface area contributed by atoms with E-state index in [1.807, 2.05) is 50.2 Å². The number of hydrogen-bond donors (Lipinski definition) is 5. The predicted octanol–water partition coefficient (Wildman–Crippen LogP) is 2.38. The maximum Gasteiger partial charge on any atom is 0.326 e. The Balaban J connectivity index is 1.73. The molecule has 0 saturated heterocycles. The Labute approximate surface area is 238 Å². The van der Waals surface area contributed by atoms with Crippen molar-refractivity contribution in [2.24, 2.45) is 5.92 Å². The summed E-state index contributed by atoms with van der Waals surface area (Å²) in [4.78, 5) is 51.4. The van der Waals surface area contributed by atoms with Gasteiger partial charge in [-0.15, -0.1) is 0 Å². The van der Waals surface area contributed by atoms with Gasteiger partial charge in [-0.2, -0.15) is 0 Å². The third-order valence-electron chi connectivity index (χ3n) is 6.34. The zero-order valence-corrected chi connectivity index (χ0v) is 23.1. The highest BCUT2D eigenvalue weighted by Gasteiger charge is 2.30. The Morgan fingerprint density at radius 2 is 1.41 bits per heavy atom. The Kier molecular flexibility index (Phi) is 11.4. The number of carboxylic acid groups (broad SMARTS) is 1. The second-order valence-corrected chi connectivity index (χ2v) is 10.3. The van der Waals surface area contributed by atoms with E-state index in [1.54, 1.807) is 24.3 Å². The molecule has 218 valence electrons. The molecule has 0 aliphatic carbocycles. The molecule has 3 atom stereocenters. The van der Waals surface area contributed by atoms with Crippen LogP contribution in [0.1, 0.15) is 43.5 Å². The summed E-state index contributed by atoms with van der Waals surface area (Å²) < 4.78 is 4.58. The zero-order valence-electron chi connectivity index (χ0n) is 23.1. The molecule has 3 aromatic rings. The van der Waals surface area contributed by atoms with Gasteiger partial charge in [-0.3, -0.25) is 14.4 Å². The van der Waals surface area contributed by atoms with Crippen LogP contribution in [0.4, 0.5) is 0 Å². The minimum Gasteiger partial charge on any atom is -0.480 e. The largest absolute Gasteiger partial charge is 0.480 e. The van der Waals surface area contributed by atoms with Gasteiger partial charge in [0.05, 0.1) is 12.1 Å². The fourth-order valence-electron chi connectivity index (χ4n) is 4.32.